The first-order valence-electron chi connectivity index (χ1n) is 10.00. The van der Waals surface area contributed by atoms with Gasteiger partial charge in [-0.15, -0.1) is 0 Å². The third-order valence-electron chi connectivity index (χ3n) is 6.20. The number of hydrogen-bond acceptors (Lipinski definition) is 0. The standard InChI is InChI=1S/C21H38/c1-3-5-6-7-9-19-12-16-21(17-13-19)20-14-10-18(8-4-2)11-15-20/h7,9,18-21H,3-6,8,10-17H2,1-2H3/b9-7+. The fourth-order valence-corrected chi connectivity index (χ4v) is 4.78. The van der Waals surface area contributed by atoms with Crippen LogP contribution in [0.2, 0.25) is 0 Å². The highest BCUT2D eigenvalue weighted by Crippen LogP contribution is 2.42. The minimum atomic E-state index is 0.912. The molecule has 0 aromatic carbocycles. The maximum absolute atomic E-state index is 2.55. The summed E-state index contributed by atoms with van der Waals surface area (Å²) in [5.74, 6) is 4.15. The van der Waals surface area contributed by atoms with Crippen LogP contribution in [0, 0.1) is 23.7 Å². The molecule has 2 aliphatic rings. The maximum atomic E-state index is 2.55. The zero-order valence-corrected chi connectivity index (χ0v) is 14.7. The van der Waals surface area contributed by atoms with Crippen LogP contribution >= 0.6 is 0 Å². The largest absolute Gasteiger partial charge is 0.0883 e. The Morgan fingerprint density at radius 3 is 1.95 bits per heavy atom. The lowest BCUT2D eigenvalue weighted by molar-refractivity contribution is 0.152. The predicted molar refractivity (Wildman–Crippen MR) is 94.5 cm³/mol. The van der Waals surface area contributed by atoms with Crippen molar-refractivity contribution in [3.05, 3.63) is 12.2 Å². The lowest BCUT2D eigenvalue weighted by Crippen LogP contribution is -2.25. The van der Waals surface area contributed by atoms with Crippen LogP contribution in [-0.4, -0.2) is 0 Å². The van der Waals surface area contributed by atoms with E-state index in [0.717, 1.165) is 23.7 Å². The summed E-state index contributed by atoms with van der Waals surface area (Å²) in [4.78, 5) is 0. The van der Waals surface area contributed by atoms with Crippen molar-refractivity contribution in [3.8, 4) is 0 Å². The van der Waals surface area contributed by atoms with Crippen molar-refractivity contribution in [2.24, 2.45) is 23.7 Å². The van der Waals surface area contributed by atoms with Crippen molar-refractivity contribution in [2.75, 3.05) is 0 Å². The third-order valence-corrected chi connectivity index (χ3v) is 6.20. The molecule has 0 N–H and O–H groups in total. The van der Waals surface area contributed by atoms with E-state index in [1.165, 1.54) is 70.6 Å². The number of rotatable bonds is 7. The molecular weight excluding hydrogens is 252 g/mol. The van der Waals surface area contributed by atoms with Gasteiger partial charge in [0.05, 0.1) is 0 Å². The van der Waals surface area contributed by atoms with E-state index < -0.39 is 0 Å². The number of hydrogen-bond donors (Lipinski definition) is 0. The highest BCUT2D eigenvalue weighted by molar-refractivity contribution is 4.92. The van der Waals surface area contributed by atoms with Crippen molar-refractivity contribution in [3.63, 3.8) is 0 Å². The Labute approximate surface area is 133 Å². The molecule has 0 spiro atoms. The van der Waals surface area contributed by atoms with Gasteiger partial charge >= 0.3 is 0 Å². The second-order valence-corrected chi connectivity index (χ2v) is 7.81. The smallest absolute Gasteiger partial charge is 0.0233 e. The van der Waals surface area contributed by atoms with E-state index in [1.807, 2.05) is 0 Å². The van der Waals surface area contributed by atoms with Gasteiger partial charge in [0.2, 0.25) is 0 Å². The Kier molecular flexibility index (Phi) is 7.89. The number of unbranched alkanes of at least 4 members (excludes halogenated alkanes) is 2. The lowest BCUT2D eigenvalue weighted by atomic mass is 9.68. The lowest BCUT2D eigenvalue weighted by Gasteiger charge is -2.37. The molecule has 0 heterocycles. The summed E-state index contributed by atoms with van der Waals surface area (Å²) in [7, 11) is 0. The van der Waals surface area contributed by atoms with Crippen LogP contribution in [-0.2, 0) is 0 Å². The molecule has 2 saturated carbocycles. The van der Waals surface area contributed by atoms with Gasteiger partial charge in [-0.05, 0) is 68.6 Å². The maximum Gasteiger partial charge on any atom is -0.0233 e. The Morgan fingerprint density at radius 1 is 0.762 bits per heavy atom. The molecule has 2 aliphatic carbocycles. The molecule has 0 bridgehead atoms. The number of allylic oxidation sites excluding steroid dienone is 2. The van der Waals surface area contributed by atoms with Crippen LogP contribution in [0.3, 0.4) is 0 Å². The molecule has 122 valence electrons. The SMILES string of the molecule is CCCC/C=C/C1CCC(C2CCC(CCC)CC2)CC1. The van der Waals surface area contributed by atoms with Gasteiger partial charge in [0.15, 0.2) is 0 Å². The zero-order valence-electron chi connectivity index (χ0n) is 14.7. The molecule has 0 nitrogen and oxygen atoms in total. The molecule has 0 aromatic heterocycles. The van der Waals surface area contributed by atoms with Gasteiger partial charge in [0.25, 0.3) is 0 Å². The van der Waals surface area contributed by atoms with Crippen LogP contribution < -0.4 is 0 Å². The van der Waals surface area contributed by atoms with Gasteiger partial charge in [0.1, 0.15) is 0 Å². The van der Waals surface area contributed by atoms with Gasteiger partial charge < -0.3 is 0 Å². The van der Waals surface area contributed by atoms with E-state index in [9.17, 15) is 0 Å². The fraction of sp³-hybridized carbons (Fsp3) is 0.905. The summed E-state index contributed by atoms with van der Waals surface area (Å²) >= 11 is 0. The summed E-state index contributed by atoms with van der Waals surface area (Å²) in [6.07, 6.45) is 24.1. The average Bonchev–Trinajstić information content (AvgIpc) is 2.53. The van der Waals surface area contributed by atoms with Crippen molar-refractivity contribution >= 4 is 0 Å². The van der Waals surface area contributed by atoms with Crippen molar-refractivity contribution in [1.29, 1.82) is 0 Å². The minimum absolute atomic E-state index is 0.912. The second-order valence-electron chi connectivity index (χ2n) is 7.81. The monoisotopic (exact) mass is 290 g/mol. The molecule has 0 aliphatic heterocycles. The van der Waals surface area contributed by atoms with Crippen LogP contribution in [0.1, 0.15) is 97.3 Å². The van der Waals surface area contributed by atoms with Gasteiger partial charge in [0, 0.05) is 0 Å². The molecule has 2 rings (SSSR count). The highest BCUT2D eigenvalue weighted by atomic mass is 14.3. The molecule has 0 radical (unpaired) electrons. The summed E-state index contributed by atoms with van der Waals surface area (Å²) < 4.78 is 0. The summed E-state index contributed by atoms with van der Waals surface area (Å²) in [5.41, 5.74) is 0. The zero-order chi connectivity index (χ0) is 14.9. The second kappa shape index (κ2) is 9.70. The topological polar surface area (TPSA) is 0 Å². The molecule has 0 atom stereocenters. The Balaban J connectivity index is 1.64. The van der Waals surface area contributed by atoms with E-state index in [2.05, 4.69) is 26.0 Å². The molecule has 2 fully saturated rings. The van der Waals surface area contributed by atoms with Crippen LogP contribution in [0.15, 0.2) is 12.2 Å². The first-order chi connectivity index (χ1) is 10.3. The molecular formula is C21H38. The molecule has 0 amide bonds. The summed E-state index contributed by atoms with van der Waals surface area (Å²) in [5, 5.41) is 0. The van der Waals surface area contributed by atoms with E-state index >= 15 is 0 Å². The van der Waals surface area contributed by atoms with E-state index in [-0.39, 0.29) is 0 Å². The first-order valence-corrected chi connectivity index (χ1v) is 10.00. The van der Waals surface area contributed by atoms with Crippen LogP contribution in [0.5, 0.6) is 0 Å². The Morgan fingerprint density at radius 2 is 1.38 bits per heavy atom. The molecule has 0 saturated heterocycles. The van der Waals surface area contributed by atoms with Crippen molar-refractivity contribution in [1.82, 2.24) is 0 Å². The molecule has 0 heteroatoms. The molecule has 21 heavy (non-hydrogen) atoms. The summed E-state index contributed by atoms with van der Waals surface area (Å²) in [6, 6.07) is 0. The quantitative estimate of drug-likeness (QED) is 0.345. The third kappa shape index (κ3) is 5.80. The van der Waals surface area contributed by atoms with Gasteiger partial charge in [-0.3, -0.25) is 0 Å². The molecule has 0 aromatic rings. The van der Waals surface area contributed by atoms with E-state index in [0.29, 0.717) is 0 Å². The first kappa shape index (κ1) is 17.1. The van der Waals surface area contributed by atoms with Crippen molar-refractivity contribution < 1.29 is 0 Å². The minimum Gasteiger partial charge on any atom is -0.0883 e. The van der Waals surface area contributed by atoms with Gasteiger partial charge in [-0.25, -0.2) is 0 Å². The van der Waals surface area contributed by atoms with E-state index in [1.54, 1.807) is 12.8 Å². The van der Waals surface area contributed by atoms with Crippen molar-refractivity contribution in [2.45, 2.75) is 97.3 Å². The van der Waals surface area contributed by atoms with E-state index in [4.69, 9.17) is 0 Å². The molecule has 0 unspecified atom stereocenters. The Hall–Kier alpha value is -0.260. The highest BCUT2D eigenvalue weighted by Gasteiger charge is 2.29. The fourth-order valence-electron chi connectivity index (χ4n) is 4.78. The van der Waals surface area contributed by atoms with Crippen LogP contribution in [0.4, 0.5) is 0 Å². The predicted octanol–water partition coefficient (Wildman–Crippen LogP) is 7.15. The Bertz CT molecular complexity index is 274. The van der Waals surface area contributed by atoms with Crippen LogP contribution in [0.25, 0.3) is 0 Å². The van der Waals surface area contributed by atoms with Gasteiger partial charge in [-0.1, -0.05) is 64.5 Å². The van der Waals surface area contributed by atoms with Gasteiger partial charge in [-0.2, -0.15) is 0 Å². The average molecular weight is 291 g/mol. The normalized spacial score (nSPS) is 34.4. The summed E-state index contributed by atoms with van der Waals surface area (Å²) in [6.45, 7) is 4.63.